The fourth-order valence-corrected chi connectivity index (χ4v) is 1.44. The third kappa shape index (κ3) is 7.00. The zero-order chi connectivity index (χ0) is 7.07. The van der Waals surface area contributed by atoms with Gasteiger partial charge >= 0.3 is 19.5 Å². The quantitative estimate of drug-likeness (QED) is 0.448. The van der Waals surface area contributed by atoms with Gasteiger partial charge in [0.2, 0.25) is 0 Å². The molecule has 2 fully saturated rings. The van der Waals surface area contributed by atoms with Crippen LogP contribution in [-0.2, 0) is 19.5 Å². The Morgan fingerprint density at radius 1 is 0.545 bits per heavy atom. The fourth-order valence-electron chi connectivity index (χ4n) is 1.44. The van der Waals surface area contributed by atoms with E-state index < -0.39 is 0 Å². The second kappa shape index (κ2) is 8.72. The van der Waals surface area contributed by atoms with Crippen LogP contribution in [0.4, 0.5) is 0 Å². The summed E-state index contributed by atoms with van der Waals surface area (Å²) in [6.45, 7) is 0. The molecule has 0 aromatic carbocycles. The predicted octanol–water partition coefficient (Wildman–Crippen LogP) is 3.53. The molecule has 0 aromatic rings. The molecular formula is C10H18Ru. The van der Waals surface area contributed by atoms with Crippen molar-refractivity contribution in [2.24, 2.45) is 0 Å². The molecule has 2 rings (SSSR count). The van der Waals surface area contributed by atoms with Crippen LogP contribution in [0.15, 0.2) is 0 Å². The van der Waals surface area contributed by atoms with Crippen LogP contribution in [0.1, 0.15) is 51.4 Å². The third-order valence-corrected chi connectivity index (χ3v) is 2.13. The van der Waals surface area contributed by atoms with Crippen LogP contribution in [0.2, 0.25) is 0 Å². The Labute approximate surface area is 83.9 Å². The van der Waals surface area contributed by atoms with Crippen molar-refractivity contribution in [2.45, 2.75) is 51.4 Å². The van der Waals surface area contributed by atoms with E-state index in [1.54, 1.807) is 0 Å². The first kappa shape index (κ1) is 11.6. The largest absolute Gasteiger partial charge is 2.00 e. The summed E-state index contributed by atoms with van der Waals surface area (Å²) in [6.07, 6.45) is 16.0. The van der Waals surface area contributed by atoms with E-state index in [9.17, 15) is 0 Å². The molecule has 0 N–H and O–H groups in total. The van der Waals surface area contributed by atoms with Gasteiger partial charge in [-0.3, -0.25) is 0 Å². The standard InChI is InChI=1S/2C5H9.Ru/c2*1-2-4-5-3-1;/h2*1H,2-5H2;/q2*-1;+2. The van der Waals surface area contributed by atoms with E-state index >= 15 is 0 Å². The van der Waals surface area contributed by atoms with Crippen LogP contribution < -0.4 is 0 Å². The molecule has 66 valence electrons. The summed E-state index contributed by atoms with van der Waals surface area (Å²) in [6, 6.07) is 0. The van der Waals surface area contributed by atoms with Crippen molar-refractivity contribution in [1.82, 2.24) is 0 Å². The molecule has 0 bridgehead atoms. The normalized spacial score (nSPS) is 21.8. The Hall–Kier alpha value is 0.623. The molecule has 2 saturated carbocycles. The predicted molar refractivity (Wildman–Crippen MR) is 45.5 cm³/mol. The third-order valence-electron chi connectivity index (χ3n) is 2.13. The summed E-state index contributed by atoms with van der Waals surface area (Å²) in [5.74, 6) is 0. The van der Waals surface area contributed by atoms with Crippen molar-refractivity contribution in [3.05, 3.63) is 12.8 Å². The Kier molecular flexibility index (Phi) is 9.21. The fraction of sp³-hybridized carbons (Fsp3) is 0.800. The molecule has 11 heavy (non-hydrogen) atoms. The molecule has 0 heterocycles. The van der Waals surface area contributed by atoms with Gasteiger partial charge in [0.15, 0.2) is 0 Å². The van der Waals surface area contributed by atoms with Crippen molar-refractivity contribution < 1.29 is 19.5 Å². The van der Waals surface area contributed by atoms with Crippen molar-refractivity contribution in [3.63, 3.8) is 0 Å². The van der Waals surface area contributed by atoms with E-state index in [0.29, 0.717) is 0 Å². The number of rotatable bonds is 0. The van der Waals surface area contributed by atoms with E-state index in [4.69, 9.17) is 0 Å². The zero-order valence-corrected chi connectivity index (χ0v) is 8.90. The van der Waals surface area contributed by atoms with Crippen molar-refractivity contribution in [2.75, 3.05) is 0 Å². The van der Waals surface area contributed by atoms with Gasteiger partial charge in [0.1, 0.15) is 0 Å². The molecule has 0 amide bonds. The van der Waals surface area contributed by atoms with Gasteiger partial charge in [0.25, 0.3) is 0 Å². The number of hydrogen-bond acceptors (Lipinski definition) is 0. The van der Waals surface area contributed by atoms with Crippen LogP contribution in [0.3, 0.4) is 0 Å². The molecule has 2 aliphatic carbocycles. The second-order valence-electron chi connectivity index (χ2n) is 3.15. The summed E-state index contributed by atoms with van der Waals surface area (Å²) >= 11 is 0. The van der Waals surface area contributed by atoms with Gasteiger partial charge in [-0.2, -0.15) is 25.7 Å². The van der Waals surface area contributed by atoms with E-state index in [0.717, 1.165) is 0 Å². The molecule has 2 aliphatic rings. The molecule has 0 atom stereocenters. The van der Waals surface area contributed by atoms with Gasteiger partial charge in [0.05, 0.1) is 0 Å². The summed E-state index contributed by atoms with van der Waals surface area (Å²) in [5, 5.41) is 0. The molecule has 0 spiro atoms. The van der Waals surface area contributed by atoms with Crippen LogP contribution >= 0.6 is 0 Å². The summed E-state index contributed by atoms with van der Waals surface area (Å²) < 4.78 is 0. The minimum Gasteiger partial charge on any atom is -0.328 e. The smallest absolute Gasteiger partial charge is 0.328 e. The first-order valence-corrected chi connectivity index (χ1v) is 4.63. The Balaban J connectivity index is 0.000000167. The van der Waals surface area contributed by atoms with Gasteiger partial charge in [-0.15, -0.1) is 0 Å². The molecule has 0 aromatic heterocycles. The van der Waals surface area contributed by atoms with E-state index in [2.05, 4.69) is 12.8 Å². The van der Waals surface area contributed by atoms with Crippen molar-refractivity contribution in [1.29, 1.82) is 0 Å². The minimum atomic E-state index is 0. The average molecular weight is 239 g/mol. The first-order chi connectivity index (χ1) is 5.00. The van der Waals surface area contributed by atoms with Crippen LogP contribution in [0, 0.1) is 12.8 Å². The number of hydrogen-bond donors (Lipinski definition) is 0. The van der Waals surface area contributed by atoms with Gasteiger partial charge in [-0.1, -0.05) is 25.7 Å². The Bertz CT molecular complexity index is 38.1. The van der Waals surface area contributed by atoms with Gasteiger partial charge in [0, 0.05) is 0 Å². The van der Waals surface area contributed by atoms with Crippen LogP contribution in [0.25, 0.3) is 0 Å². The Morgan fingerprint density at radius 2 is 0.818 bits per heavy atom. The van der Waals surface area contributed by atoms with E-state index in [1.807, 2.05) is 0 Å². The summed E-state index contributed by atoms with van der Waals surface area (Å²) in [5.41, 5.74) is 0. The molecular weight excluding hydrogens is 221 g/mol. The summed E-state index contributed by atoms with van der Waals surface area (Å²) in [7, 11) is 0. The van der Waals surface area contributed by atoms with Crippen molar-refractivity contribution in [3.8, 4) is 0 Å². The Morgan fingerprint density at radius 3 is 0.909 bits per heavy atom. The monoisotopic (exact) mass is 240 g/mol. The zero-order valence-electron chi connectivity index (χ0n) is 7.17. The first-order valence-electron chi connectivity index (χ1n) is 4.63. The maximum atomic E-state index is 2.36. The average Bonchev–Trinajstić information content (AvgIpc) is 2.67. The van der Waals surface area contributed by atoms with Gasteiger partial charge in [-0.25, -0.2) is 0 Å². The molecule has 0 nitrogen and oxygen atoms in total. The van der Waals surface area contributed by atoms with Crippen molar-refractivity contribution >= 4 is 0 Å². The summed E-state index contributed by atoms with van der Waals surface area (Å²) in [4.78, 5) is 0. The SMILES string of the molecule is [CH-]1CCCC1.[CH-]1CCCC1.[Ru+2]. The molecule has 0 saturated heterocycles. The second-order valence-corrected chi connectivity index (χ2v) is 3.15. The molecule has 0 radical (unpaired) electrons. The molecule has 0 aliphatic heterocycles. The minimum absolute atomic E-state index is 0. The topological polar surface area (TPSA) is 0 Å². The van der Waals surface area contributed by atoms with E-state index in [1.165, 1.54) is 51.4 Å². The maximum Gasteiger partial charge on any atom is 2.00 e. The maximum absolute atomic E-state index is 2.36. The van der Waals surface area contributed by atoms with Gasteiger partial charge < -0.3 is 12.8 Å². The molecule has 1 heteroatoms. The van der Waals surface area contributed by atoms with Crippen LogP contribution in [0.5, 0.6) is 0 Å². The van der Waals surface area contributed by atoms with E-state index in [-0.39, 0.29) is 19.5 Å². The molecule has 0 unspecified atom stereocenters. The van der Waals surface area contributed by atoms with Crippen LogP contribution in [-0.4, -0.2) is 0 Å². The van der Waals surface area contributed by atoms with Gasteiger partial charge in [-0.05, 0) is 0 Å².